The number of rotatable bonds is 5. The Morgan fingerprint density at radius 3 is 2.43 bits per heavy atom. The Labute approximate surface area is 131 Å². The van der Waals surface area contributed by atoms with Crippen molar-refractivity contribution in [1.82, 2.24) is 0 Å². The summed E-state index contributed by atoms with van der Waals surface area (Å²) in [5.41, 5.74) is 1.17. The third-order valence-corrected chi connectivity index (χ3v) is 11.1. The van der Waals surface area contributed by atoms with E-state index in [1.807, 2.05) is 0 Å². The van der Waals surface area contributed by atoms with Crippen LogP contribution in [0.25, 0.3) is 0 Å². The Morgan fingerprint density at radius 1 is 1.14 bits per heavy atom. The van der Waals surface area contributed by atoms with Gasteiger partial charge in [0.25, 0.3) is 0 Å². The van der Waals surface area contributed by atoms with E-state index in [1.54, 1.807) is 0 Å². The fourth-order valence-electron chi connectivity index (χ4n) is 3.11. The van der Waals surface area contributed by atoms with Gasteiger partial charge in [0.1, 0.15) is 0 Å². The van der Waals surface area contributed by atoms with Gasteiger partial charge in [-0.3, -0.25) is 0 Å². The first kappa shape index (κ1) is 15.4. The molecule has 3 rings (SSSR count). The van der Waals surface area contributed by atoms with Crippen LogP contribution >= 0.6 is 0 Å². The number of benzene rings is 1. The van der Waals surface area contributed by atoms with E-state index in [1.165, 1.54) is 42.1 Å². The van der Waals surface area contributed by atoms with E-state index in [2.05, 4.69) is 29.6 Å². The van der Waals surface area contributed by atoms with Crippen LogP contribution < -0.4 is 9.67 Å². The summed E-state index contributed by atoms with van der Waals surface area (Å²) in [6, 6.07) is 9.16. The van der Waals surface area contributed by atoms with E-state index < -0.39 is 24.8 Å². The molecule has 21 heavy (non-hydrogen) atoms. The molecule has 1 aliphatic heterocycles. The predicted molar refractivity (Wildman–Crippen MR) is 87.3 cm³/mol. The molecule has 0 spiro atoms. The number of nitrogens with one attached hydrogen (secondary N) is 1. The molecule has 2 atom stereocenters. The molecule has 0 aromatic heterocycles. The topological polar surface area (TPSA) is 66.4 Å². The Balaban J connectivity index is 1.55. The molecule has 116 valence electrons. The van der Waals surface area contributed by atoms with Gasteiger partial charge in [-0.1, -0.05) is 0 Å². The molecule has 1 saturated heterocycles. The summed E-state index contributed by atoms with van der Waals surface area (Å²) in [6.07, 6.45) is 6.52. The quantitative estimate of drug-likeness (QED) is 0.616. The van der Waals surface area contributed by atoms with Gasteiger partial charge < -0.3 is 0 Å². The molecule has 1 aromatic rings. The first-order valence-corrected chi connectivity index (χ1v) is 12.6. The molecule has 1 heterocycles. The minimum absolute atomic E-state index is 0.0466. The molecule has 2 unspecified atom stereocenters. The van der Waals surface area contributed by atoms with Crippen LogP contribution in [0.1, 0.15) is 32.1 Å². The van der Waals surface area contributed by atoms with Gasteiger partial charge in [-0.15, -0.1) is 0 Å². The molecule has 0 radical (unpaired) electrons. The third kappa shape index (κ3) is 4.48. The first-order valence-electron chi connectivity index (χ1n) is 7.60. The average molecular weight is 371 g/mol. The monoisotopic (exact) mass is 371 g/mol. The molecule has 2 aliphatic rings. The van der Waals surface area contributed by atoms with Crippen LogP contribution in [0, 0.1) is 0 Å². The Kier molecular flexibility index (Phi) is 4.62. The predicted octanol–water partition coefficient (Wildman–Crippen LogP) is 2.40. The van der Waals surface area contributed by atoms with Crippen LogP contribution in [0.2, 0.25) is 9.91 Å². The van der Waals surface area contributed by atoms with E-state index in [-0.39, 0.29) is 10.5 Å². The van der Waals surface area contributed by atoms with E-state index in [0.717, 1.165) is 5.21 Å². The van der Waals surface area contributed by atoms with Crippen LogP contribution in [0.4, 0.5) is 5.69 Å². The fourth-order valence-corrected chi connectivity index (χ4v) is 11.0. The first-order chi connectivity index (χ1) is 10.0. The van der Waals surface area contributed by atoms with Crippen molar-refractivity contribution >= 4 is 34.8 Å². The molecular weight excluding hydrogens is 349 g/mol. The second-order valence-corrected chi connectivity index (χ2v) is 12.9. The molecule has 1 aromatic carbocycles. The molecule has 1 saturated carbocycles. The molecule has 4 nitrogen and oxygen atoms in total. The second kappa shape index (κ2) is 6.31. The van der Waals surface area contributed by atoms with Gasteiger partial charge in [0.05, 0.1) is 0 Å². The molecule has 6 heteroatoms. The van der Waals surface area contributed by atoms with Gasteiger partial charge in [0, 0.05) is 0 Å². The van der Waals surface area contributed by atoms with Gasteiger partial charge in [-0.25, -0.2) is 0 Å². The summed E-state index contributed by atoms with van der Waals surface area (Å²) in [6.45, 7) is 0. The van der Waals surface area contributed by atoms with Crippen LogP contribution in [0.5, 0.6) is 0 Å². The summed E-state index contributed by atoms with van der Waals surface area (Å²) >= 11 is -1.20. The normalized spacial score (nSPS) is 26.5. The zero-order chi connectivity index (χ0) is 14.9. The van der Waals surface area contributed by atoms with Gasteiger partial charge in [0.2, 0.25) is 0 Å². The molecular formula is C15H22AsNO3S. The number of anilines is 1. The third-order valence-electron chi connectivity index (χ3n) is 4.29. The summed E-state index contributed by atoms with van der Waals surface area (Å²) in [7, 11) is -3.81. The molecule has 0 amide bonds. The van der Waals surface area contributed by atoms with Crippen molar-refractivity contribution in [2.45, 2.75) is 48.1 Å². The summed E-state index contributed by atoms with van der Waals surface area (Å²) < 4.78 is 32.3. The second-order valence-electron chi connectivity index (χ2n) is 6.08. The van der Waals surface area contributed by atoms with E-state index in [9.17, 15) is 8.42 Å². The van der Waals surface area contributed by atoms with Gasteiger partial charge in [-0.2, -0.15) is 0 Å². The zero-order valence-electron chi connectivity index (χ0n) is 12.0. The summed E-state index contributed by atoms with van der Waals surface area (Å²) in [5.74, 6) is -0.0466. The average Bonchev–Trinajstić information content (AvgIpc) is 3.18. The minimum atomic E-state index is -3.81. The van der Waals surface area contributed by atoms with Gasteiger partial charge in [-0.05, 0) is 0 Å². The van der Waals surface area contributed by atoms with Crippen molar-refractivity contribution in [2.24, 2.45) is 0 Å². The van der Waals surface area contributed by atoms with Crippen LogP contribution in [0.3, 0.4) is 0 Å². The van der Waals surface area contributed by atoms with Crippen molar-refractivity contribution in [3.8, 4) is 0 Å². The number of hydrogen-bond acceptors (Lipinski definition) is 3. The Morgan fingerprint density at radius 2 is 1.81 bits per heavy atom. The standard InChI is InChI=1S/C15H22AsNO3S/c18-21(19,20)11-13-10-16(13)12-6-8-15(9-7-12)17-14-4-2-1-3-5-14/h6-9,13-14,17H,1-5,10-11H2,(H,18,19,20). The molecule has 0 bridgehead atoms. The van der Waals surface area contributed by atoms with Crippen molar-refractivity contribution in [3.63, 3.8) is 0 Å². The zero-order valence-corrected chi connectivity index (χ0v) is 14.7. The van der Waals surface area contributed by atoms with Gasteiger partial charge >= 0.3 is 131 Å². The van der Waals surface area contributed by atoms with Crippen molar-refractivity contribution < 1.29 is 13.0 Å². The Hall–Kier alpha value is -0.512. The van der Waals surface area contributed by atoms with Crippen molar-refractivity contribution in [3.05, 3.63) is 24.3 Å². The summed E-state index contributed by atoms with van der Waals surface area (Å²) in [4.78, 5) is 0. The molecule has 2 fully saturated rings. The maximum absolute atomic E-state index is 10.9. The SMILES string of the molecule is O=S(=O)(O)CC1C[As]1c1ccc(NC2CCCCC2)cc1. The number of hydrogen-bond donors (Lipinski definition) is 2. The molecule has 1 aliphatic carbocycles. The van der Waals surface area contributed by atoms with E-state index in [0.29, 0.717) is 6.04 Å². The van der Waals surface area contributed by atoms with Crippen molar-refractivity contribution in [1.29, 1.82) is 0 Å². The van der Waals surface area contributed by atoms with Crippen LogP contribution in [-0.4, -0.2) is 39.4 Å². The Bertz CT molecular complexity index is 581. The summed E-state index contributed by atoms with van der Waals surface area (Å²) in [5, 5.41) is 4.60. The maximum atomic E-state index is 10.9. The van der Waals surface area contributed by atoms with E-state index in [4.69, 9.17) is 4.55 Å². The van der Waals surface area contributed by atoms with Crippen molar-refractivity contribution in [2.75, 3.05) is 11.1 Å². The van der Waals surface area contributed by atoms with E-state index >= 15 is 0 Å². The van der Waals surface area contributed by atoms with Crippen LogP contribution in [-0.2, 0) is 10.1 Å². The van der Waals surface area contributed by atoms with Gasteiger partial charge in [0.15, 0.2) is 0 Å². The van der Waals surface area contributed by atoms with Crippen LogP contribution in [0.15, 0.2) is 24.3 Å². The molecule has 2 N–H and O–H groups in total. The fraction of sp³-hybridized carbons (Fsp3) is 0.600.